The van der Waals surface area contributed by atoms with E-state index in [1.165, 1.54) is 28.2 Å². The summed E-state index contributed by atoms with van der Waals surface area (Å²) in [6.07, 6.45) is 0.201. The minimum absolute atomic E-state index is 0.0748. The number of nitrogens with zero attached hydrogens (tertiary/aromatic N) is 1. The molecule has 1 atom stereocenters. The molecule has 2 N–H and O–H groups in total. The molecule has 0 fully saturated rings. The first-order valence-electron chi connectivity index (χ1n) is 8.22. The fraction of sp³-hybridized carbons (Fsp3) is 0.211. The van der Waals surface area contributed by atoms with Crippen LogP contribution in [0.5, 0.6) is 0 Å². The highest BCUT2D eigenvalue weighted by atomic mass is 32.1. The van der Waals surface area contributed by atoms with Crippen LogP contribution in [0.15, 0.2) is 53.2 Å². The van der Waals surface area contributed by atoms with Crippen LogP contribution in [0, 0.1) is 0 Å². The molecule has 1 unspecified atom stereocenters. The first-order chi connectivity index (χ1) is 12.6. The van der Waals surface area contributed by atoms with E-state index in [9.17, 15) is 9.59 Å². The van der Waals surface area contributed by atoms with Crippen LogP contribution in [0.4, 0.5) is 5.13 Å². The lowest BCUT2D eigenvalue weighted by atomic mass is 10.0. The van der Waals surface area contributed by atoms with Gasteiger partial charge in [-0.2, -0.15) is 0 Å². The molecule has 0 bridgehead atoms. The first kappa shape index (κ1) is 18.3. The lowest BCUT2D eigenvalue weighted by Gasteiger charge is -2.12. The zero-order chi connectivity index (χ0) is 18.4. The Morgan fingerprint density at radius 2 is 1.92 bits per heavy atom. The molecule has 0 aliphatic heterocycles. The molecule has 3 rings (SSSR count). The molecule has 0 radical (unpaired) electrons. The highest BCUT2D eigenvalue weighted by molar-refractivity contribution is 7.14. The van der Waals surface area contributed by atoms with Crippen LogP contribution in [-0.4, -0.2) is 23.3 Å². The number of anilines is 1. The molecule has 0 aliphatic carbocycles. The molecule has 0 saturated heterocycles. The number of benzene rings is 1. The van der Waals surface area contributed by atoms with E-state index in [1.54, 1.807) is 11.4 Å². The van der Waals surface area contributed by atoms with Crippen LogP contribution in [0.25, 0.3) is 0 Å². The number of thiazole rings is 1. The lowest BCUT2D eigenvalue weighted by Crippen LogP contribution is -2.29. The third kappa shape index (κ3) is 5.00. The number of carbonyl (C=O) groups is 2. The van der Waals surface area contributed by atoms with E-state index in [4.69, 9.17) is 0 Å². The van der Waals surface area contributed by atoms with Crippen LogP contribution < -0.4 is 10.6 Å². The SMILES string of the molecule is CC(CNC(=O)Cc1csc(NC(=O)c2cccs2)n1)c1ccccc1. The van der Waals surface area contributed by atoms with Crippen molar-refractivity contribution in [1.29, 1.82) is 0 Å². The molecule has 26 heavy (non-hydrogen) atoms. The van der Waals surface area contributed by atoms with Gasteiger partial charge >= 0.3 is 0 Å². The van der Waals surface area contributed by atoms with Gasteiger partial charge < -0.3 is 5.32 Å². The molecule has 2 heterocycles. The summed E-state index contributed by atoms with van der Waals surface area (Å²) in [5.41, 5.74) is 1.85. The van der Waals surface area contributed by atoms with E-state index < -0.39 is 0 Å². The molecule has 2 amide bonds. The molecule has 5 nitrogen and oxygen atoms in total. The third-order valence-corrected chi connectivity index (χ3v) is 5.51. The van der Waals surface area contributed by atoms with Crippen molar-refractivity contribution < 1.29 is 9.59 Å². The van der Waals surface area contributed by atoms with Crippen LogP contribution in [0.3, 0.4) is 0 Å². The Balaban J connectivity index is 1.47. The highest BCUT2D eigenvalue weighted by Crippen LogP contribution is 2.18. The number of aromatic nitrogens is 1. The number of nitrogens with one attached hydrogen (secondary N) is 2. The number of carbonyl (C=O) groups excluding carboxylic acids is 2. The topological polar surface area (TPSA) is 71.1 Å². The number of amides is 2. The summed E-state index contributed by atoms with van der Waals surface area (Å²) in [5.74, 6) is -0.00696. The summed E-state index contributed by atoms with van der Waals surface area (Å²) in [6.45, 7) is 2.66. The molecule has 0 aliphatic rings. The lowest BCUT2D eigenvalue weighted by molar-refractivity contribution is -0.120. The van der Waals surface area contributed by atoms with Crippen molar-refractivity contribution in [3.8, 4) is 0 Å². The summed E-state index contributed by atoms with van der Waals surface area (Å²) in [6, 6.07) is 13.7. The Kier molecular flexibility index (Phi) is 6.14. The van der Waals surface area contributed by atoms with Gasteiger partial charge in [0.1, 0.15) is 0 Å². The smallest absolute Gasteiger partial charge is 0.267 e. The highest BCUT2D eigenvalue weighted by Gasteiger charge is 2.12. The second-order valence-electron chi connectivity index (χ2n) is 5.87. The van der Waals surface area contributed by atoms with Gasteiger partial charge in [-0.3, -0.25) is 14.9 Å². The fourth-order valence-electron chi connectivity index (χ4n) is 2.41. The minimum Gasteiger partial charge on any atom is -0.355 e. The predicted molar refractivity (Wildman–Crippen MR) is 106 cm³/mol. The number of hydrogen-bond acceptors (Lipinski definition) is 5. The molecule has 0 spiro atoms. The van der Waals surface area contributed by atoms with Crippen molar-refractivity contribution in [2.45, 2.75) is 19.3 Å². The maximum absolute atomic E-state index is 12.1. The van der Waals surface area contributed by atoms with Crippen molar-refractivity contribution in [3.05, 3.63) is 69.4 Å². The van der Waals surface area contributed by atoms with Gasteiger partial charge in [0, 0.05) is 11.9 Å². The van der Waals surface area contributed by atoms with Gasteiger partial charge in [0.15, 0.2) is 5.13 Å². The number of thiophene rings is 1. The third-order valence-electron chi connectivity index (χ3n) is 3.83. The maximum atomic E-state index is 12.1. The van der Waals surface area contributed by atoms with Crippen molar-refractivity contribution in [2.24, 2.45) is 0 Å². The number of rotatable bonds is 7. The van der Waals surface area contributed by atoms with E-state index in [1.807, 2.05) is 29.6 Å². The second kappa shape index (κ2) is 8.73. The second-order valence-corrected chi connectivity index (χ2v) is 7.67. The molecular weight excluding hydrogens is 366 g/mol. The molecule has 134 valence electrons. The zero-order valence-electron chi connectivity index (χ0n) is 14.3. The first-order valence-corrected chi connectivity index (χ1v) is 9.98. The quantitative estimate of drug-likeness (QED) is 0.648. The Bertz CT molecular complexity index is 860. The van der Waals surface area contributed by atoms with Crippen molar-refractivity contribution in [3.63, 3.8) is 0 Å². The fourth-order valence-corrected chi connectivity index (χ4v) is 3.73. The van der Waals surface area contributed by atoms with Gasteiger partial charge in [0.25, 0.3) is 5.91 Å². The van der Waals surface area contributed by atoms with Crippen molar-refractivity contribution in [1.82, 2.24) is 10.3 Å². The Hall–Kier alpha value is -2.51. The summed E-state index contributed by atoms with van der Waals surface area (Å²) >= 11 is 2.70. The Labute approximate surface area is 160 Å². The van der Waals surface area contributed by atoms with Crippen molar-refractivity contribution >= 4 is 39.6 Å². The summed E-state index contributed by atoms with van der Waals surface area (Å²) in [4.78, 5) is 29.1. The van der Waals surface area contributed by atoms with Gasteiger partial charge in [-0.25, -0.2) is 4.98 Å². The molecular formula is C19H19N3O2S2. The standard InChI is InChI=1S/C19H19N3O2S2/c1-13(14-6-3-2-4-7-14)11-20-17(23)10-15-12-26-19(21-15)22-18(24)16-8-5-9-25-16/h2-9,12-13H,10-11H2,1H3,(H,20,23)(H,21,22,24). The van der Waals surface area contributed by atoms with Crippen LogP contribution in [-0.2, 0) is 11.2 Å². The van der Waals surface area contributed by atoms with E-state index in [0.29, 0.717) is 22.2 Å². The molecule has 1 aromatic carbocycles. The van der Waals surface area contributed by atoms with E-state index in [-0.39, 0.29) is 24.2 Å². The van der Waals surface area contributed by atoms with Crippen LogP contribution in [0.2, 0.25) is 0 Å². The normalized spacial score (nSPS) is 11.7. The summed E-state index contributed by atoms with van der Waals surface area (Å²) < 4.78 is 0. The maximum Gasteiger partial charge on any atom is 0.267 e. The van der Waals surface area contributed by atoms with E-state index in [0.717, 1.165) is 0 Å². The molecule has 2 aromatic heterocycles. The molecule has 0 saturated carbocycles. The Morgan fingerprint density at radius 3 is 2.65 bits per heavy atom. The summed E-state index contributed by atoms with van der Waals surface area (Å²) in [7, 11) is 0. The zero-order valence-corrected chi connectivity index (χ0v) is 15.9. The van der Waals surface area contributed by atoms with Gasteiger partial charge in [0.2, 0.25) is 5.91 Å². The minimum atomic E-state index is -0.179. The van der Waals surface area contributed by atoms with E-state index >= 15 is 0 Å². The molecule has 3 aromatic rings. The average molecular weight is 386 g/mol. The van der Waals surface area contributed by atoms with Crippen LogP contribution >= 0.6 is 22.7 Å². The van der Waals surface area contributed by atoms with E-state index in [2.05, 4.69) is 34.7 Å². The van der Waals surface area contributed by atoms with Gasteiger partial charge in [0.05, 0.1) is 17.0 Å². The monoisotopic (exact) mass is 385 g/mol. The summed E-state index contributed by atoms with van der Waals surface area (Å²) in [5, 5.41) is 9.85. The number of hydrogen-bond donors (Lipinski definition) is 2. The molecule has 7 heteroatoms. The van der Waals surface area contributed by atoms with Gasteiger partial charge in [-0.15, -0.1) is 22.7 Å². The van der Waals surface area contributed by atoms with Crippen LogP contribution in [0.1, 0.15) is 33.8 Å². The van der Waals surface area contributed by atoms with Gasteiger partial charge in [-0.05, 0) is 22.9 Å². The van der Waals surface area contributed by atoms with Gasteiger partial charge in [-0.1, -0.05) is 43.3 Å². The van der Waals surface area contributed by atoms with Crippen molar-refractivity contribution in [2.75, 3.05) is 11.9 Å². The average Bonchev–Trinajstić information content (AvgIpc) is 3.32. The largest absolute Gasteiger partial charge is 0.355 e. The predicted octanol–water partition coefficient (Wildman–Crippen LogP) is 3.92. The Morgan fingerprint density at radius 1 is 1.12 bits per heavy atom.